The average molecular weight is 1320 g/mol. The van der Waals surface area contributed by atoms with Gasteiger partial charge in [-0.1, -0.05) is 319 Å². The Kier molecular flexibility index (Phi) is 69.1. The Balaban J connectivity index is 4.14. The molecule has 0 aliphatic carbocycles. The van der Waals surface area contributed by atoms with E-state index in [9.17, 15) is 19.0 Å². The molecule has 0 N–H and O–H groups in total. The molecule has 0 aromatic carbocycles. The van der Waals surface area contributed by atoms with Crippen molar-refractivity contribution in [3.05, 3.63) is 170 Å². The van der Waals surface area contributed by atoms with Gasteiger partial charge in [0.2, 0.25) is 0 Å². The molecule has 0 aliphatic rings. The number of esters is 2. The van der Waals surface area contributed by atoms with Crippen molar-refractivity contribution in [1.82, 2.24) is 0 Å². The zero-order valence-corrected chi connectivity index (χ0v) is 61.7. The average Bonchev–Trinajstić information content (AvgIpc) is 1.56. The number of carbonyl (C=O) groups excluding carboxylic acids is 2. The lowest BCUT2D eigenvalue weighted by molar-refractivity contribution is -0.870. The summed E-state index contributed by atoms with van der Waals surface area (Å²) in [6.07, 6.45) is 110. The van der Waals surface area contributed by atoms with E-state index in [4.69, 9.17) is 18.5 Å². The maximum Gasteiger partial charge on any atom is 0.306 e. The van der Waals surface area contributed by atoms with Crippen molar-refractivity contribution in [2.24, 2.45) is 0 Å². The summed E-state index contributed by atoms with van der Waals surface area (Å²) in [5.41, 5.74) is 0. The minimum absolute atomic E-state index is 0.0456. The molecule has 0 aromatic heterocycles. The summed E-state index contributed by atoms with van der Waals surface area (Å²) in [6, 6.07) is 0. The lowest BCUT2D eigenvalue weighted by Crippen LogP contribution is -2.37. The van der Waals surface area contributed by atoms with Crippen LogP contribution in [0.2, 0.25) is 0 Å². The third-order valence-electron chi connectivity index (χ3n) is 15.7. The van der Waals surface area contributed by atoms with Crippen LogP contribution in [0.3, 0.4) is 0 Å². The summed E-state index contributed by atoms with van der Waals surface area (Å²) in [5, 5.41) is 0. The monoisotopic (exact) mass is 1320 g/mol. The number of likely N-dealkylation sites (N-methyl/N-ethyl adjacent to an activating group) is 1. The second-order valence-corrected chi connectivity index (χ2v) is 27.3. The van der Waals surface area contributed by atoms with Gasteiger partial charge in [0.15, 0.2) is 6.10 Å². The number of nitrogens with zero attached hydrogens (tertiary/aromatic N) is 1. The highest BCUT2D eigenvalue weighted by Gasteiger charge is 2.22. The first-order chi connectivity index (χ1) is 46.0. The summed E-state index contributed by atoms with van der Waals surface area (Å²) in [4.78, 5) is 38.1. The number of unbranched alkanes of at least 4 members (excludes halogenated alkanes) is 26. The Bertz CT molecular complexity index is 2200. The van der Waals surface area contributed by atoms with Gasteiger partial charge in [-0.15, -0.1) is 0 Å². The van der Waals surface area contributed by atoms with Crippen LogP contribution < -0.4 is 4.89 Å². The third-order valence-corrected chi connectivity index (χ3v) is 16.7. The number of carbonyl (C=O) groups is 2. The molecule has 2 unspecified atom stereocenters. The lowest BCUT2D eigenvalue weighted by Gasteiger charge is -2.28. The van der Waals surface area contributed by atoms with E-state index in [1.54, 1.807) is 0 Å². The third kappa shape index (κ3) is 76.4. The number of hydrogen-bond acceptors (Lipinski definition) is 8. The van der Waals surface area contributed by atoms with Gasteiger partial charge >= 0.3 is 11.9 Å². The van der Waals surface area contributed by atoms with E-state index in [2.05, 4.69) is 184 Å². The maximum atomic E-state index is 12.9. The van der Waals surface area contributed by atoms with E-state index in [1.807, 2.05) is 21.1 Å². The minimum atomic E-state index is -4.67. The Hall–Kier alpha value is -4.63. The summed E-state index contributed by atoms with van der Waals surface area (Å²) in [5.74, 6) is -0.876. The Morgan fingerprint density at radius 3 is 0.915 bits per heavy atom. The first-order valence-electron chi connectivity index (χ1n) is 37.8. The number of rotatable bonds is 68. The van der Waals surface area contributed by atoms with E-state index < -0.39 is 32.5 Å². The fourth-order valence-electron chi connectivity index (χ4n) is 9.96. The van der Waals surface area contributed by atoms with Gasteiger partial charge in [0, 0.05) is 12.8 Å². The first kappa shape index (κ1) is 89.4. The Morgan fingerprint density at radius 2 is 0.606 bits per heavy atom. The van der Waals surface area contributed by atoms with Crippen LogP contribution in [-0.2, 0) is 32.7 Å². The van der Waals surface area contributed by atoms with Gasteiger partial charge < -0.3 is 27.9 Å². The first-order valence-corrected chi connectivity index (χ1v) is 39.3. The van der Waals surface area contributed by atoms with Crippen molar-refractivity contribution in [1.29, 1.82) is 0 Å². The quantitative estimate of drug-likeness (QED) is 0.0195. The van der Waals surface area contributed by atoms with Gasteiger partial charge in [0.05, 0.1) is 27.7 Å². The molecule has 0 aromatic rings. The molecule has 0 rings (SSSR count). The van der Waals surface area contributed by atoms with Gasteiger partial charge in [-0.3, -0.25) is 14.2 Å². The smallest absolute Gasteiger partial charge is 0.306 e. The summed E-state index contributed by atoms with van der Waals surface area (Å²) in [7, 11) is 1.13. The number of phosphoric acid groups is 1. The van der Waals surface area contributed by atoms with Crippen LogP contribution in [-0.4, -0.2) is 70.0 Å². The van der Waals surface area contributed by atoms with Crippen molar-refractivity contribution >= 4 is 19.8 Å². The molecule has 0 heterocycles. The Morgan fingerprint density at radius 1 is 0.340 bits per heavy atom. The topological polar surface area (TPSA) is 111 Å². The van der Waals surface area contributed by atoms with Crippen LogP contribution in [0.1, 0.15) is 296 Å². The summed E-state index contributed by atoms with van der Waals surface area (Å²) < 4.78 is 34.3. The molecule has 0 saturated carbocycles. The molecule has 0 spiro atoms. The molecular formula is C84H140NO8P. The van der Waals surface area contributed by atoms with Gasteiger partial charge in [0.25, 0.3) is 7.82 Å². The van der Waals surface area contributed by atoms with Crippen LogP contribution in [0.5, 0.6) is 0 Å². The molecule has 534 valence electrons. The number of phosphoric ester groups is 1. The highest BCUT2D eigenvalue weighted by molar-refractivity contribution is 7.45. The molecule has 0 fully saturated rings. The van der Waals surface area contributed by atoms with Crippen molar-refractivity contribution in [3.63, 3.8) is 0 Å². The molecular weight excluding hydrogens is 1180 g/mol. The van der Waals surface area contributed by atoms with E-state index in [0.29, 0.717) is 17.4 Å². The van der Waals surface area contributed by atoms with Crippen molar-refractivity contribution in [2.45, 2.75) is 302 Å². The predicted molar refractivity (Wildman–Crippen MR) is 406 cm³/mol. The number of allylic oxidation sites excluding steroid dienone is 28. The second kappa shape index (κ2) is 72.6. The Labute approximate surface area is 578 Å². The largest absolute Gasteiger partial charge is 0.756 e. The zero-order chi connectivity index (χ0) is 68.3. The highest BCUT2D eigenvalue weighted by Crippen LogP contribution is 2.38. The van der Waals surface area contributed by atoms with E-state index >= 15 is 0 Å². The fraction of sp³-hybridized carbons (Fsp3) is 0.643. The predicted octanol–water partition coefficient (Wildman–Crippen LogP) is 24.6. The summed E-state index contributed by atoms with van der Waals surface area (Å²) >= 11 is 0. The molecule has 9 nitrogen and oxygen atoms in total. The normalized spacial score (nSPS) is 14.1. The molecule has 0 amide bonds. The van der Waals surface area contributed by atoms with Crippen molar-refractivity contribution in [3.8, 4) is 0 Å². The van der Waals surface area contributed by atoms with E-state index in [-0.39, 0.29) is 26.1 Å². The van der Waals surface area contributed by atoms with Crippen LogP contribution in [0, 0.1) is 0 Å². The number of hydrogen-bond donors (Lipinski definition) is 0. The molecule has 0 saturated heterocycles. The van der Waals surface area contributed by atoms with Crippen LogP contribution in [0.4, 0.5) is 0 Å². The molecule has 10 heteroatoms. The number of quaternary nitrogens is 1. The second-order valence-electron chi connectivity index (χ2n) is 25.9. The lowest BCUT2D eigenvalue weighted by atomic mass is 10.0. The van der Waals surface area contributed by atoms with Crippen molar-refractivity contribution in [2.75, 3.05) is 47.5 Å². The van der Waals surface area contributed by atoms with Crippen molar-refractivity contribution < 1.29 is 42.1 Å². The zero-order valence-electron chi connectivity index (χ0n) is 60.8. The van der Waals surface area contributed by atoms with Gasteiger partial charge in [0.1, 0.15) is 19.8 Å². The summed E-state index contributed by atoms with van der Waals surface area (Å²) in [6.45, 7) is 4.08. The molecule has 0 aliphatic heterocycles. The SMILES string of the molecule is CC/C=C\C/C=C\C/C=C\C/C=C\C/C=C\C/C=C\C/C=C\C/C=C\C/C=C\C/C=C\C/C=C\CCCCCC(=O)OC(COC(=O)CCCCCCCCCCCCCCCCCCCC/C=C\C/C=C\C/C=C\CCCCCCC)COP(=O)([O-])OCC[N+](C)(C)C. The van der Waals surface area contributed by atoms with Gasteiger partial charge in [-0.2, -0.15) is 0 Å². The van der Waals surface area contributed by atoms with E-state index in [1.165, 1.54) is 141 Å². The molecule has 0 bridgehead atoms. The maximum absolute atomic E-state index is 12.9. The molecule has 2 atom stereocenters. The van der Waals surface area contributed by atoms with E-state index in [0.717, 1.165) is 122 Å². The highest BCUT2D eigenvalue weighted by atomic mass is 31.2. The van der Waals surface area contributed by atoms with Crippen LogP contribution >= 0.6 is 7.82 Å². The van der Waals surface area contributed by atoms with Crippen LogP contribution in [0.15, 0.2) is 170 Å². The standard InChI is InChI=1S/C84H140NO8P/c1-6-8-10-12-14-16-18-20-22-24-26-28-30-32-34-36-38-40-41-42-43-45-47-49-51-53-55-57-59-61-63-65-67-69-71-73-75-77-84(87)93-82(81-92-94(88,89)91-79-78-85(3,4)5)80-90-83(86)76-74-72-70-68-66-64-62-60-58-56-54-52-50-48-46-44-39-37-35-33-31-29-27-25-23-21-19-17-15-13-11-9-7-2/h8,10,14,16,19-22,25-28,31-34,38,40,42-43,47,49,53,55,59,61,65,67,82H,6-7,9,11-13,15,17-18,23-24,29-30,35-37,39,41,44-46,48,50-52,54,56-58,60,62-64,66,68-81H2,1-5H3/b10-8-,16-14-,21-19-,22-20-,27-25-,28-26-,33-31-,34-32-,40-38-,43-42-,49-47-,55-53-,61-59-,67-65-. The fourth-order valence-corrected chi connectivity index (χ4v) is 10.7. The van der Waals surface area contributed by atoms with Gasteiger partial charge in [-0.25, -0.2) is 0 Å². The minimum Gasteiger partial charge on any atom is -0.756 e. The van der Waals surface area contributed by atoms with Gasteiger partial charge in [-0.05, 0) is 135 Å². The molecule has 0 radical (unpaired) electrons. The number of ether oxygens (including phenoxy) is 2. The van der Waals surface area contributed by atoms with Crippen LogP contribution in [0.25, 0.3) is 0 Å². The molecule has 94 heavy (non-hydrogen) atoms.